The van der Waals surface area contributed by atoms with Crippen LogP contribution < -0.4 is 0 Å². The number of amides is 1. The third-order valence-corrected chi connectivity index (χ3v) is 2.32. The van der Waals surface area contributed by atoms with E-state index < -0.39 is 0 Å². The summed E-state index contributed by atoms with van der Waals surface area (Å²) in [5, 5.41) is 0. The molecule has 1 amide bonds. The summed E-state index contributed by atoms with van der Waals surface area (Å²) >= 11 is 0. The predicted molar refractivity (Wildman–Crippen MR) is 48.7 cm³/mol. The van der Waals surface area contributed by atoms with E-state index in [-0.39, 0.29) is 5.91 Å². The zero-order chi connectivity index (χ0) is 9.97. The Morgan fingerprint density at radius 1 is 1.50 bits per heavy atom. The molecule has 1 aromatic heterocycles. The van der Waals surface area contributed by atoms with Gasteiger partial charge in [-0.2, -0.15) is 0 Å². The van der Waals surface area contributed by atoms with E-state index in [0.717, 1.165) is 13.0 Å². The summed E-state index contributed by atoms with van der Waals surface area (Å²) < 4.78 is 5.18. The van der Waals surface area contributed by atoms with Crippen molar-refractivity contribution < 1.29 is 14.0 Å². The van der Waals surface area contributed by atoms with E-state index in [1.54, 1.807) is 17.0 Å². The van der Waals surface area contributed by atoms with E-state index in [2.05, 4.69) is 0 Å². The highest BCUT2D eigenvalue weighted by molar-refractivity contribution is 5.78. The summed E-state index contributed by atoms with van der Waals surface area (Å²) in [4.78, 5) is 23.4. The van der Waals surface area contributed by atoms with Gasteiger partial charge in [-0.1, -0.05) is 0 Å². The summed E-state index contributed by atoms with van der Waals surface area (Å²) in [5.41, 5.74) is 0. The summed E-state index contributed by atoms with van der Waals surface area (Å²) in [5.74, 6) is 1.14. The van der Waals surface area contributed by atoms with Crippen molar-refractivity contribution in [3.05, 3.63) is 23.7 Å². The zero-order valence-corrected chi connectivity index (χ0v) is 7.73. The molecule has 0 unspecified atom stereocenters. The van der Waals surface area contributed by atoms with Gasteiger partial charge in [-0.25, -0.2) is 0 Å². The third-order valence-electron chi connectivity index (χ3n) is 2.32. The molecular weight excluding hydrogens is 182 g/mol. The van der Waals surface area contributed by atoms with Gasteiger partial charge in [0.25, 0.3) is 0 Å². The average Bonchev–Trinajstić information content (AvgIpc) is 2.77. The molecule has 74 valence electrons. The zero-order valence-electron chi connectivity index (χ0n) is 7.73. The van der Waals surface area contributed by atoms with E-state index in [4.69, 9.17) is 4.42 Å². The van der Waals surface area contributed by atoms with E-state index in [0.29, 0.717) is 30.8 Å². The second kappa shape index (κ2) is 3.65. The minimum absolute atomic E-state index is 0.161. The fraction of sp³-hybridized carbons (Fsp3) is 0.400. The van der Waals surface area contributed by atoms with E-state index in [9.17, 15) is 9.59 Å². The molecule has 1 aromatic rings. The predicted octanol–water partition coefficient (Wildman–Crippen LogP) is 1.21. The van der Waals surface area contributed by atoms with Crippen molar-refractivity contribution in [1.29, 1.82) is 0 Å². The number of hydrogen-bond acceptors (Lipinski definition) is 3. The number of carbonyl (C=O) groups excluding carboxylic acids is 2. The molecule has 14 heavy (non-hydrogen) atoms. The highest BCUT2D eigenvalue weighted by atomic mass is 16.3. The Labute approximate surface area is 81.5 Å². The first-order chi connectivity index (χ1) is 6.79. The lowest BCUT2D eigenvalue weighted by molar-refractivity contribution is -0.128. The van der Waals surface area contributed by atoms with Gasteiger partial charge in [-0.3, -0.25) is 9.59 Å². The van der Waals surface area contributed by atoms with Crippen LogP contribution in [0.15, 0.2) is 16.5 Å². The second-order valence-electron chi connectivity index (χ2n) is 3.34. The van der Waals surface area contributed by atoms with Crippen molar-refractivity contribution >= 4 is 12.2 Å². The van der Waals surface area contributed by atoms with Crippen LogP contribution in [0, 0.1) is 0 Å². The average molecular weight is 193 g/mol. The largest absolute Gasteiger partial charge is 0.456 e. The molecule has 0 bridgehead atoms. The van der Waals surface area contributed by atoms with Crippen molar-refractivity contribution in [2.45, 2.75) is 19.4 Å². The number of nitrogens with zero attached hydrogens (tertiary/aromatic N) is 1. The van der Waals surface area contributed by atoms with Crippen LogP contribution in [0.5, 0.6) is 0 Å². The monoisotopic (exact) mass is 193 g/mol. The topological polar surface area (TPSA) is 50.5 Å². The van der Waals surface area contributed by atoms with Crippen molar-refractivity contribution in [3.8, 4) is 0 Å². The molecule has 0 N–H and O–H groups in total. The highest BCUT2D eigenvalue weighted by Crippen LogP contribution is 2.15. The number of rotatable bonds is 3. The Hall–Kier alpha value is -1.58. The SMILES string of the molecule is O=Cc1ccc(CN2CCCC2=O)o1. The number of likely N-dealkylation sites (tertiary alicyclic amines) is 1. The molecule has 0 aliphatic carbocycles. The van der Waals surface area contributed by atoms with Gasteiger partial charge in [0.05, 0.1) is 6.54 Å². The Bertz CT molecular complexity index is 356. The van der Waals surface area contributed by atoms with E-state index >= 15 is 0 Å². The summed E-state index contributed by atoms with van der Waals surface area (Å²) in [6.45, 7) is 1.27. The van der Waals surface area contributed by atoms with Crippen LogP contribution in [0.3, 0.4) is 0 Å². The van der Waals surface area contributed by atoms with Gasteiger partial charge >= 0.3 is 0 Å². The molecule has 2 heterocycles. The van der Waals surface area contributed by atoms with Crippen LogP contribution in [-0.4, -0.2) is 23.6 Å². The van der Waals surface area contributed by atoms with Gasteiger partial charge < -0.3 is 9.32 Å². The molecule has 0 saturated carbocycles. The van der Waals surface area contributed by atoms with Gasteiger partial charge in [0, 0.05) is 13.0 Å². The van der Waals surface area contributed by atoms with Crippen molar-refractivity contribution in [1.82, 2.24) is 4.90 Å². The van der Waals surface area contributed by atoms with Crippen LogP contribution in [0.2, 0.25) is 0 Å². The molecule has 1 fully saturated rings. The van der Waals surface area contributed by atoms with Gasteiger partial charge in [0.2, 0.25) is 5.91 Å². The maximum absolute atomic E-state index is 11.3. The molecule has 0 radical (unpaired) electrons. The third kappa shape index (κ3) is 1.69. The van der Waals surface area contributed by atoms with Crippen molar-refractivity contribution in [2.75, 3.05) is 6.54 Å². The summed E-state index contributed by atoms with van der Waals surface area (Å²) in [7, 11) is 0. The maximum Gasteiger partial charge on any atom is 0.223 e. The van der Waals surface area contributed by atoms with Gasteiger partial charge in [0.1, 0.15) is 5.76 Å². The number of aldehydes is 1. The van der Waals surface area contributed by atoms with Gasteiger partial charge in [0.15, 0.2) is 12.0 Å². The lowest BCUT2D eigenvalue weighted by Gasteiger charge is -2.12. The molecule has 0 atom stereocenters. The summed E-state index contributed by atoms with van der Waals surface area (Å²) in [6.07, 6.45) is 2.20. The van der Waals surface area contributed by atoms with Crippen LogP contribution in [0.25, 0.3) is 0 Å². The van der Waals surface area contributed by atoms with Gasteiger partial charge in [-0.05, 0) is 18.6 Å². The molecule has 0 spiro atoms. The Kier molecular flexibility index (Phi) is 2.35. The Morgan fingerprint density at radius 3 is 2.93 bits per heavy atom. The van der Waals surface area contributed by atoms with Crippen LogP contribution in [-0.2, 0) is 11.3 Å². The Morgan fingerprint density at radius 2 is 2.36 bits per heavy atom. The fourth-order valence-corrected chi connectivity index (χ4v) is 1.60. The van der Waals surface area contributed by atoms with E-state index in [1.165, 1.54) is 0 Å². The fourth-order valence-electron chi connectivity index (χ4n) is 1.60. The van der Waals surface area contributed by atoms with Gasteiger partial charge in [-0.15, -0.1) is 0 Å². The minimum atomic E-state index is 0.161. The molecule has 1 aliphatic rings. The maximum atomic E-state index is 11.3. The van der Waals surface area contributed by atoms with Crippen LogP contribution in [0.1, 0.15) is 29.2 Å². The molecule has 4 heteroatoms. The number of carbonyl (C=O) groups is 2. The number of furan rings is 1. The molecule has 2 rings (SSSR count). The normalized spacial score (nSPS) is 16.3. The van der Waals surface area contributed by atoms with Crippen molar-refractivity contribution in [3.63, 3.8) is 0 Å². The minimum Gasteiger partial charge on any atom is -0.456 e. The molecule has 1 aliphatic heterocycles. The molecule has 1 saturated heterocycles. The van der Waals surface area contributed by atoms with Crippen LogP contribution >= 0.6 is 0 Å². The molecular formula is C10H11NO3. The Balaban J connectivity index is 2.03. The lowest BCUT2D eigenvalue weighted by Crippen LogP contribution is -2.23. The molecule has 0 aromatic carbocycles. The second-order valence-corrected chi connectivity index (χ2v) is 3.34. The highest BCUT2D eigenvalue weighted by Gasteiger charge is 2.20. The smallest absolute Gasteiger partial charge is 0.223 e. The standard InChI is InChI=1S/C10H11NO3/c12-7-9-4-3-8(14-9)6-11-5-1-2-10(11)13/h3-4,7H,1-2,5-6H2. The first-order valence-corrected chi connectivity index (χ1v) is 4.61. The van der Waals surface area contributed by atoms with Crippen LogP contribution in [0.4, 0.5) is 0 Å². The summed E-state index contributed by atoms with van der Waals surface area (Å²) in [6, 6.07) is 3.35. The molecule has 4 nitrogen and oxygen atoms in total. The number of hydrogen-bond donors (Lipinski definition) is 0. The quantitative estimate of drug-likeness (QED) is 0.678. The van der Waals surface area contributed by atoms with Crippen molar-refractivity contribution in [2.24, 2.45) is 0 Å². The lowest BCUT2D eigenvalue weighted by atomic mass is 10.4. The first-order valence-electron chi connectivity index (χ1n) is 4.61. The van der Waals surface area contributed by atoms with E-state index in [1.807, 2.05) is 0 Å². The first kappa shape index (κ1) is 8.99.